The van der Waals surface area contributed by atoms with E-state index in [0.29, 0.717) is 5.82 Å². The third kappa shape index (κ3) is 4.81. The maximum absolute atomic E-state index is 14.6. The van der Waals surface area contributed by atoms with Gasteiger partial charge in [-0.15, -0.1) is 0 Å². The average molecular weight is 456 g/mol. The fourth-order valence-corrected chi connectivity index (χ4v) is 4.30. The average Bonchev–Trinajstić information content (AvgIpc) is 3.24. The normalized spacial score (nSPS) is 20.7. The van der Waals surface area contributed by atoms with Crippen molar-refractivity contribution < 1.29 is 17.9 Å². The SMILES string of the molecule is Fc1cc(O[C@H]2CC(F)(F)CCC2c2cn[nH]c2)c(Cl)cc1SNc1ccncn1. The Morgan fingerprint density at radius 1 is 1.33 bits per heavy atom. The minimum atomic E-state index is -2.85. The predicted octanol–water partition coefficient (Wildman–Crippen LogP) is 5.46. The van der Waals surface area contributed by atoms with Crippen LogP contribution < -0.4 is 9.46 Å². The maximum atomic E-state index is 14.6. The van der Waals surface area contributed by atoms with Gasteiger partial charge in [0.1, 0.15) is 29.8 Å². The quantitative estimate of drug-likeness (QED) is 0.480. The van der Waals surface area contributed by atoms with Gasteiger partial charge in [0.25, 0.3) is 5.92 Å². The van der Waals surface area contributed by atoms with E-state index in [1.807, 2.05) is 0 Å². The predicted molar refractivity (Wildman–Crippen MR) is 107 cm³/mol. The number of ether oxygens (including phenoxy) is 1. The number of hydrogen-bond acceptors (Lipinski definition) is 6. The van der Waals surface area contributed by atoms with Crippen LogP contribution in [0.15, 0.2) is 48.0 Å². The molecule has 158 valence electrons. The number of aromatic amines is 1. The van der Waals surface area contributed by atoms with E-state index in [1.54, 1.807) is 24.7 Å². The molecule has 0 radical (unpaired) electrons. The summed E-state index contributed by atoms with van der Waals surface area (Å²) in [5.74, 6) is -3.22. The van der Waals surface area contributed by atoms with Crippen molar-refractivity contribution in [3.05, 3.63) is 59.5 Å². The fraction of sp³-hybridized carbons (Fsp3) is 0.316. The zero-order valence-corrected chi connectivity index (χ0v) is 17.1. The highest BCUT2D eigenvalue weighted by molar-refractivity contribution is 8.00. The highest BCUT2D eigenvalue weighted by atomic mass is 35.5. The Labute approximate surface area is 179 Å². The molecule has 1 aliphatic carbocycles. The molecule has 1 saturated carbocycles. The van der Waals surface area contributed by atoms with Crippen LogP contribution in [-0.2, 0) is 0 Å². The first-order valence-corrected chi connectivity index (χ1v) is 10.3. The van der Waals surface area contributed by atoms with Crippen molar-refractivity contribution in [3.8, 4) is 5.75 Å². The molecule has 2 heterocycles. The topological polar surface area (TPSA) is 75.7 Å². The summed E-state index contributed by atoms with van der Waals surface area (Å²) in [6.07, 6.45) is 4.80. The Hall–Kier alpha value is -2.46. The largest absolute Gasteiger partial charge is 0.488 e. The molecule has 0 aliphatic heterocycles. The Morgan fingerprint density at radius 3 is 2.93 bits per heavy atom. The molecule has 6 nitrogen and oxygen atoms in total. The number of benzene rings is 1. The second kappa shape index (κ2) is 8.73. The summed E-state index contributed by atoms with van der Waals surface area (Å²) >= 11 is 7.26. The van der Waals surface area contributed by atoms with E-state index in [2.05, 4.69) is 24.9 Å². The van der Waals surface area contributed by atoms with E-state index in [0.717, 1.165) is 23.6 Å². The molecular weight excluding hydrogens is 439 g/mol. The van der Waals surface area contributed by atoms with E-state index in [1.165, 1.54) is 12.4 Å². The molecule has 3 aromatic rings. The van der Waals surface area contributed by atoms with Crippen molar-refractivity contribution >= 4 is 29.4 Å². The van der Waals surface area contributed by atoms with Crippen LogP contribution in [0.1, 0.15) is 30.7 Å². The van der Waals surface area contributed by atoms with E-state index >= 15 is 0 Å². The van der Waals surface area contributed by atoms with E-state index in [9.17, 15) is 13.2 Å². The van der Waals surface area contributed by atoms with Crippen LogP contribution in [0.25, 0.3) is 0 Å². The van der Waals surface area contributed by atoms with Crippen LogP contribution in [0.5, 0.6) is 5.75 Å². The highest BCUT2D eigenvalue weighted by Gasteiger charge is 2.43. The Balaban J connectivity index is 1.52. The van der Waals surface area contributed by atoms with Gasteiger partial charge in [-0.05, 0) is 36.1 Å². The Morgan fingerprint density at radius 2 is 2.20 bits per heavy atom. The molecule has 0 amide bonds. The van der Waals surface area contributed by atoms with Crippen LogP contribution in [0.2, 0.25) is 5.02 Å². The number of halogens is 4. The minimum Gasteiger partial charge on any atom is -0.488 e. The molecule has 1 unspecified atom stereocenters. The van der Waals surface area contributed by atoms with Gasteiger partial charge in [-0.1, -0.05) is 11.6 Å². The smallest absolute Gasteiger partial charge is 0.251 e. The zero-order chi connectivity index (χ0) is 21.1. The van der Waals surface area contributed by atoms with Gasteiger partial charge in [-0.25, -0.2) is 23.1 Å². The van der Waals surface area contributed by atoms with Gasteiger partial charge >= 0.3 is 0 Å². The fourth-order valence-electron chi connectivity index (χ4n) is 3.36. The molecule has 2 N–H and O–H groups in total. The lowest BCUT2D eigenvalue weighted by Gasteiger charge is -2.35. The summed E-state index contributed by atoms with van der Waals surface area (Å²) in [5, 5.41) is 6.71. The van der Waals surface area contributed by atoms with E-state index in [-0.39, 0.29) is 34.4 Å². The number of nitrogens with one attached hydrogen (secondary N) is 2. The first-order chi connectivity index (χ1) is 14.4. The molecule has 0 bridgehead atoms. The van der Waals surface area contributed by atoms with Gasteiger partial charge in [0.2, 0.25) is 0 Å². The summed E-state index contributed by atoms with van der Waals surface area (Å²) in [6.45, 7) is 0. The molecule has 30 heavy (non-hydrogen) atoms. The lowest BCUT2D eigenvalue weighted by molar-refractivity contribution is -0.0772. The Kier molecular flexibility index (Phi) is 6.05. The standard InChI is InChI=1S/C19H17ClF3N5OS/c20-13-5-17(30-28-18-2-4-24-10-25-18)14(21)6-15(13)29-16-7-19(22,23)3-1-12(16)11-8-26-27-9-11/h2,4-6,8-10,12,16H,1,3,7H2,(H,26,27)(H,24,25,28)/t12?,16-/m0/s1. The first kappa shape index (κ1) is 20.8. The number of rotatable bonds is 6. The summed E-state index contributed by atoms with van der Waals surface area (Å²) in [6, 6.07) is 4.13. The van der Waals surface area contributed by atoms with Crippen LogP contribution in [0, 0.1) is 5.82 Å². The number of aromatic nitrogens is 4. The molecule has 0 spiro atoms. The molecule has 1 aliphatic rings. The molecular formula is C19H17ClF3N5OS. The van der Waals surface area contributed by atoms with Gasteiger partial charge in [-0.3, -0.25) is 5.10 Å². The molecule has 4 rings (SSSR count). The van der Waals surface area contributed by atoms with Crippen molar-refractivity contribution in [3.63, 3.8) is 0 Å². The first-order valence-electron chi connectivity index (χ1n) is 9.12. The van der Waals surface area contributed by atoms with Crippen LogP contribution in [0.3, 0.4) is 0 Å². The number of hydrogen-bond donors (Lipinski definition) is 2. The summed E-state index contributed by atoms with van der Waals surface area (Å²) in [7, 11) is 0. The van der Waals surface area contributed by atoms with Gasteiger partial charge in [0.05, 0.1) is 16.1 Å². The second-order valence-corrected chi connectivity index (χ2v) is 8.16. The highest BCUT2D eigenvalue weighted by Crippen LogP contribution is 2.44. The van der Waals surface area contributed by atoms with Crippen molar-refractivity contribution in [2.24, 2.45) is 0 Å². The molecule has 2 atom stereocenters. The second-order valence-electron chi connectivity index (χ2n) is 6.90. The summed E-state index contributed by atoms with van der Waals surface area (Å²) < 4.78 is 51.4. The van der Waals surface area contributed by atoms with Gasteiger partial charge in [0.15, 0.2) is 0 Å². The minimum absolute atomic E-state index is 0.0248. The number of nitrogens with zero attached hydrogens (tertiary/aromatic N) is 3. The van der Waals surface area contributed by atoms with Crippen LogP contribution in [0.4, 0.5) is 19.0 Å². The molecule has 1 aromatic carbocycles. The van der Waals surface area contributed by atoms with Crippen molar-refractivity contribution in [2.45, 2.75) is 42.1 Å². The monoisotopic (exact) mass is 455 g/mol. The molecule has 11 heteroatoms. The lowest BCUT2D eigenvalue weighted by Crippen LogP contribution is -2.38. The number of H-pyrrole nitrogens is 1. The number of alkyl halides is 2. The molecule has 0 saturated heterocycles. The van der Waals surface area contributed by atoms with Crippen molar-refractivity contribution in [1.29, 1.82) is 0 Å². The van der Waals surface area contributed by atoms with E-state index in [4.69, 9.17) is 16.3 Å². The summed E-state index contributed by atoms with van der Waals surface area (Å²) in [4.78, 5) is 8.00. The summed E-state index contributed by atoms with van der Waals surface area (Å²) in [5.41, 5.74) is 0.772. The maximum Gasteiger partial charge on any atom is 0.251 e. The van der Waals surface area contributed by atoms with Crippen LogP contribution in [-0.4, -0.2) is 32.2 Å². The molecule has 2 aromatic heterocycles. The van der Waals surface area contributed by atoms with Gasteiger partial charge < -0.3 is 9.46 Å². The third-order valence-corrected chi connectivity index (χ3v) is 5.97. The van der Waals surface area contributed by atoms with Crippen molar-refractivity contribution in [2.75, 3.05) is 4.72 Å². The van der Waals surface area contributed by atoms with Crippen molar-refractivity contribution in [1.82, 2.24) is 20.2 Å². The third-order valence-electron chi connectivity index (χ3n) is 4.83. The zero-order valence-electron chi connectivity index (χ0n) is 15.5. The Bertz CT molecular complexity index is 993. The molecule has 1 fully saturated rings. The van der Waals surface area contributed by atoms with Gasteiger partial charge in [0, 0.05) is 37.2 Å². The van der Waals surface area contributed by atoms with Crippen LogP contribution >= 0.6 is 23.5 Å². The number of anilines is 1. The van der Waals surface area contributed by atoms with Gasteiger partial charge in [-0.2, -0.15) is 5.10 Å². The lowest BCUT2D eigenvalue weighted by atomic mass is 9.81. The van der Waals surface area contributed by atoms with E-state index < -0.39 is 24.3 Å².